The highest BCUT2D eigenvalue weighted by atomic mass is 32.2. The highest BCUT2D eigenvalue weighted by molar-refractivity contribution is 7.97. The molecule has 0 N–H and O–H groups in total. The van der Waals surface area contributed by atoms with Crippen LogP contribution >= 0.6 is 0 Å². The lowest BCUT2D eigenvalue weighted by atomic mass is 10.1. The summed E-state index contributed by atoms with van der Waals surface area (Å²) in [5, 5.41) is -5.74. The molecule has 0 radical (unpaired) electrons. The minimum atomic E-state index is -6.54. The van der Waals surface area contributed by atoms with E-state index in [1.165, 1.54) is 12.1 Å². The van der Waals surface area contributed by atoms with E-state index in [1.807, 2.05) is 61.5 Å². The summed E-state index contributed by atoms with van der Waals surface area (Å²) in [6.07, 6.45) is -1.66. The molecule has 6 nitrogen and oxygen atoms in total. The monoisotopic (exact) mass is 572 g/mol. The molecule has 0 aliphatic carbocycles. The minimum absolute atomic E-state index is 0.119. The molecule has 4 rings (SSSR count). The molecule has 0 bridgehead atoms. The zero-order valence-corrected chi connectivity index (χ0v) is 21.7. The van der Waals surface area contributed by atoms with Crippen molar-refractivity contribution in [3.8, 4) is 5.75 Å². The summed E-state index contributed by atoms with van der Waals surface area (Å²) in [7, 11) is -7.08. The molecule has 3 aromatic rings. The Kier molecular flexibility index (Phi) is 8.10. The molecule has 1 unspecified atom stereocenters. The van der Waals surface area contributed by atoms with Crippen LogP contribution in [0.25, 0.3) is 0 Å². The fourth-order valence-corrected chi connectivity index (χ4v) is 6.37. The van der Waals surface area contributed by atoms with Crippen LogP contribution in [0.2, 0.25) is 0 Å². The van der Waals surface area contributed by atoms with Crippen molar-refractivity contribution in [2.45, 2.75) is 45.0 Å². The summed E-state index contributed by atoms with van der Waals surface area (Å²) in [4.78, 5) is 2.90. The van der Waals surface area contributed by atoms with Crippen LogP contribution in [0.3, 0.4) is 0 Å². The van der Waals surface area contributed by atoms with Gasteiger partial charge in [-0.15, -0.1) is 0 Å². The van der Waals surface area contributed by atoms with Crippen LogP contribution in [0.1, 0.15) is 18.9 Å². The van der Waals surface area contributed by atoms with E-state index in [1.54, 1.807) is 12.1 Å². The fraction of sp³-hybridized carbons (Fsp3) is 0.308. The number of hydrogen-bond donors (Lipinski definition) is 0. The number of alkyl halides is 4. The van der Waals surface area contributed by atoms with Crippen molar-refractivity contribution in [3.05, 3.63) is 84.4 Å². The van der Waals surface area contributed by atoms with E-state index in [4.69, 9.17) is 14.2 Å². The molecule has 0 spiro atoms. The predicted molar refractivity (Wildman–Crippen MR) is 130 cm³/mol. The molecular formula is C26H24F4O6S2. The quantitative estimate of drug-likeness (QED) is 0.180. The Hall–Kier alpha value is -2.64. The third-order valence-electron chi connectivity index (χ3n) is 5.92. The van der Waals surface area contributed by atoms with Crippen molar-refractivity contribution in [2.75, 3.05) is 19.8 Å². The highest BCUT2D eigenvalue weighted by Crippen LogP contribution is 2.41. The van der Waals surface area contributed by atoms with Crippen molar-refractivity contribution in [3.63, 3.8) is 0 Å². The summed E-state index contributed by atoms with van der Waals surface area (Å²) in [5.74, 6) is -5.76. The van der Waals surface area contributed by atoms with Gasteiger partial charge in [0.05, 0.1) is 37.1 Å². The van der Waals surface area contributed by atoms with Crippen LogP contribution in [0.15, 0.2) is 93.5 Å². The molecule has 0 saturated carbocycles. The molecule has 0 amide bonds. The van der Waals surface area contributed by atoms with Crippen molar-refractivity contribution >= 4 is 21.0 Å². The van der Waals surface area contributed by atoms with E-state index >= 15 is 0 Å². The maximum Gasteiger partial charge on any atom is 0.396 e. The molecule has 1 aliphatic rings. The predicted octanol–water partition coefficient (Wildman–Crippen LogP) is 5.54. The van der Waals surface area contributed by atoms with Crippen molar-refractivity contribution < 1.29 is 44.7 Å². The van der Waals surface area contributed by atoms with Gasteiger partial charge >= 0.3 is 11.2 Å². The Labute approximate surface area is 220 Å². The summed E-state index contributed by atoms with van der Waals surface area (Å²) >= 11 is 0. The number of benzene rings is 3. The normalized spacial score (nSPS) is 16.8. The molecule has 204 valence electrons. The van der Waals surface area contributed by atoms with Crippen LogP contribution in [0, 0.1) is 0 Å². The second kappa shape index (κ2) is 10.9. The number of halogens is 4. The average Bonchev–Trinajstić information content (AvgIpc) is 3.33. The van der Waals surface area contributed by atoms with E-state index in [9.17, 15) is 30.5 Å². The van der Waals surface area contributed by atoms with Gasteiger partial charge in [-0.2, -0.15) is 17.6 Å². The molecule has 12 heteroatoms. The first-order valence-electron chi connectivity index (χ1n) is 11.5. The van der Waals surface area contributed by atoms with Crippen molar-refractivity contribution in [1.29, 1.82) is 0 Å². The van der Waals surface area contributed by atoms with E-state index in [0.717, 1.165) is 20.2 Å². The van der Waals surface area contributed by atoms with Gasteiger partial charge in [0.25, 0.3) is 0 Å². The summed E-state index contributed by atoms with van der Waals surface area (Å²) in [5.41, 5.74) is 0.881. The van der Waals surface area contributed by atoms with E-state index < -0.39 is 51.0 Å². The third-order valence-corrected chi connectivity index (χ3v) is 9.07. The first kappa shape index (κ1) is 28.4. The Morgan fingerprint density at radius 2 is 1.37 bits per heavy atom. The summed E-state index contributed by atoms with van der Waals surface area (Å²) in [6.45, 7) is 1.96. The minimum Gasteiger partial charge on any atom is -0.743 e. The highest BCUT2D eigenvalue weighted by Gasteiger charge is 2.61. The lowest BCUT2D eigenvalue weighted by Gasteiger charge is -2.28. The second-order valence-electron chi connectivity index (χ2n) is 8.53. The van der Waals surface area contributed by atoms with Gasteiger partial charge in [0.1, 0.15) is 5.75 Å². The van der Waals surface area contributed by atoms with Crippen LogP contribution in [0.5, 0.6) is 5.75 Å². The van der Waals surface area contributed by atoms with Gasteiger partial charge in [-0.3, -0.25) is 0 Å². The molecule has 0 aromatic heterocycles. The topological polar surface area (TPSA) is 84.9 Å². The molecule has 1 saturated heterocycles. The van der Waals surface area contributed by atoms with Gasteiger partial charge < -0.3 is 18.8 Å². The van der Waals surface area contributed by atoms with Gasteiger partial charge in [0.2, 0.25) is 0 Å². The molecule has 1 heterocycles. The molecule has 1 fully saturated rings. The third kappa shape index (κ3) is 5.84. The smallest absolute Gasteiger partial charge is 0.396 e. The first-order chi connectivity index (χ1) is 17.8. The van der Waals surface area contributed by atoms with Crippen LogP contribution in [-0.2, 0) is 36.3 Å². The van der Waals surface area contributed by atoms with E-state index in [0.29, 0.717) is 13.2 Å². The van der Waals surface area contributed by atoms with Gasteiger partial charge in [0, 0.05) is 5.56 Å². The van der Waals surface area contributed by atoms with Gasteiger partial charge in [-0.25, -0.2) is 8.42 Å². The fourth-order valence-electron chi connectivity index (χ4n) is 3.84. The SMILES string of the molecule is CC1(c2ccc([S+](c3ccccc3)c3ccc(OCCC(F)(F)C(F)(F)S(=O)(=O)[O-])cc3)cc2)OCCO1. The Bertz CT molecular complexity index is 1330. The molecule has 38 heavy (non-hydrogen) atoms. The Morgan fingerprint density at radius 3 is 1.89 bits per heavy atom. The first-order valence-corrected chi connectivity index (χ1v) is 14.1. The Morgan fingerprint density at radius 1 is 0.868 bits per heavy atom. The largest absolute Gasteiger partial charge is 0.743 e. The van der Waals surface area contributed by atoms with Gasteiger partial charge in [-0.05, 0) is 67.6 Å². The Balaban J connectivity index is 1.51. The van der Waals surface area contributed by atoms with Gasteiger partial charge in [0.15, 0.2) is 30.6 Å². The van der Waals surface area contributed by atoms with Crippen molar-refractivity contribution in [1.82, 2.24) is 0 Å². The molecular weight excluding hydrogens is 548 g/mol. The number of ether oxygens (including phenoxy) is 3. The zero-order chi connectivity index (χ0) is 27.6. The van der Waals surface area contributed by atoms with Crippen LogP contribution < -0.4 is 4.74 Å². The molecule has 1 atom stereocenters. The van der Waals surface area contributed by atoms with Crippen LogP contribution in [0.4, 0.5) is 17.6 Å². The lowest BCUT2D eigenvalue weighted by Crippen LogP contribution is -2.47. The average molecular weight is 573 g/mol. The number of hydrogen-bond acceptors (Lipinski definition) is 6. The maximum absolute atomic E-state index is 13.7. The van der Waals surface area contributed by atoms with E-state index in [-0.39, 0.29) is 5.75 Å². The maximum atomic E-state index is 13.7. The zero-order valence-electron chi connectivity index (χ0n) is 20.1. The lowest BCUT2D eigenvalue weighted by molar-refractivity contribution is -0.167. The summed E-state index contributed by atoms with van der Waals surface area (Å²) < 4.78 is 102. The standard InChI is InChI=1S/C26H24F4O6S2/c1-24(35-17-18-36-24)19-7-11-22(12-8-19)37(21-5-3-2-4-6-21)23-13-9-20(10-14-23)34-16-15-25(27,28)26(29,30)38(31,32)33/h2-14H,15-18H2,1H3. The molecule has 1 aliphatic heterocycles. The molecule has 3 aromatic carbocycles. The van der Waals surface area contributed by atoms with Crippen molar-refractivity contribution in [2.24, 2.45) is 0 Å². The van der Waals surface area contributed by atoms with Gasteiger partial charge in [-0.1, -0.05) is 18.2 Å². The summed E-state index contributed by atoms with van der Waals surface area (Å²) in [6, 6.07) is 24.0. The second-order valence-corrected chi connectivity index (χ2v) is 12.0. The number of rotatable bonds is 10. The van der Waals surface area contributed by atoms with Crippen LogP contribution in [-0.4, -0.2) is 44.0 Å². The van der Waals surface area contributed by atoms with E-state index in [2.05, 4.69) is 0 Å².